The lowest BCUT2D eigenvalue weighted by molar-refractivity contribution is -0.137. The van der Waals surface area contributed by atoms with Gasteiger partial charge >= 0.3 is 6.18 Å². The molecule has 2 rings (SSSR count). The highest BCUT2D eigenvalue weighted by molar-refractivity contribution is 7.90. The number of sulfonamides is 1. The zero-order valence-electron chi connectivity index (χ0n) is 11.6. The molecule has 1 aromatic carbocycles. The first-order valence-electron chi connectivity index (χ1n) is 6.50. The Balaban J connectivity index is 1.97. The van der Waals surface area contributed by atoms with E-state index in [0.29, 0.717) is 12.0 Å². The molecular weight excluding hydrogens is 321 g/mol. The third kappa shape index (κ3) is 4.20. The van der Waals surface area contributed by atoms with E-state index >= 15 is 0 Å². The summed E-state index contributed by atoms with van der Waals surface area (Å²) >= 11 is 0. The van der Waals surface area contributed by atoms with Gasteiger partial charge in [0.1, 0.15) is 5.75 Å². The van der Waals surface area contributed by atoms with Gasteiger partial charge in [0.2, 0.25) is 15.9 Å². The van der Waals surface area contributed by atoms with Crippen LogP contribution in [0.2, 0.25) is 0 Å². The van der Waals surface area contributed by atoms with Gasteiger partial charge in [-0.2, -0.15) is 13.2 Å². The van der Waals surface area contributed by atoms with Crippen molar-refractivity contribution in [3.05, 3.63) is 35.4 Å². The molecule has 0 heterocycles. The van der Waals surface area contributed by atoms with Crippen LogP contribution in [0.15, 0.2) is 24.3 Å². The van der Waals surface area contributed by atoms with Gasteiger partial charge in [-0.15, -0.1) is 0 Å². The molecule has 2 atom stereocenters. The average molecular weight is 336 g/mol. The first-order valence-corrected chi connectivity index (χ1v) is 8.15. The fraction of sp³-hybridized carbons (Fsp3) is 0.462. The minimum atomic E-state index is -4.41. The molecule has 2 N–H and O–H groups in total. The molecule has 1 saturated carbocycles. The van der Waals surface area contributed by atoms with Gasteiger partial charge in [0, 0.05) is 12.0 Å². The monoisotopic (exact) mass is 336 g/mol. The Labute approximate surface area is 125 Å². The highest BCUT2D eigenvalue weighted by Crippen LogP contribution is 2.42. The summed E-state index contributed by atoms with van der Waals surface area (Å²) in [7, 11) is -2.46. The molecule has 122 valence electrons. The van der Waals surface area contributed by atoms with E-state index in [2.05, 4.69) is 5.32 Å². The van der Waals surface area contributed by atoms with E-state index in [4.69, 9.17) is 0 Å². The van der Waals surface area contributed by atoms with Crippen molar-refractivity contribution in [3.63, 3.8) is 0 Å². The molecule has 1 aliphatic carbocycles. The predicted molar refractivity (Wildman–Crippen MR) is 73.6 cm³/mol. The molecule has 1 aliphatic rings. The molecule has 9 heteroatoms. The smallest absolute Gasteiger partial charge is 0.352 e. The number of hydrogen-bond acceptors (Lipinski definition) is 3. The van der Waals surface area contributed by atoms with Gasteiger partial charge in [0.05, 0.1) is 5.56 Å². The predicted octanol–water partition coefficient (Wildman–Crippen LogP) is 1.23. The van der Waals surface area contributed by atoms with Crippen LogP contribution < -0.4 is 10.0 Å². The third-order valence-electron chi connectivity index (χ3n) is 3.41. The normalized spacial score (nSPS) is 21.5. The van der Waals surface area contributed by atoms with E-state index in [1.807, 2.05) is 4.72 Å². The number of carbonyl (C=O) groups is 1. The zero-order chi connectivity index (χ0) is 16.5. The van der Waals surface area contributed by atoms with Crippen molar-refractivity contribution < 1.29 is 26.4 Å². The molecule has 0 saturated heterocycles. The summed E-state index contributed by atoms with van der Waals surface area (Å²) in [6.45, 7) is 0. The van der Waals surface area contributed by atoms with Crippen LogP contribution in [-0.4, -0.2) is 33.2 Å². The Morgan fingerprint density at radius 1 is 1.36 bits per heavy atom. The second kappa shape index (κ2) is 5.88. The number of benzene rings is 1. The van der Waals surface area contributed by atoms with Crippen molar-refractivity contribution in [2.75, 3.05) is 12.8 Å². The lowest BCUT2D eigenvalue weighted by Crippen LogP contribution is -2.36. The minimum absolute atomic E-state index is 0.219. The van der Waals surface area contributed by atoms with Crippen LogP contribution >= 0.6 is 0 Å². The van der Waals surface area contributed by atoms with Gasteiger partial charge in [-0.25, -0.2) is 13.1 Å². The van der Waals surface area contributed by atoms with Crippen LogP contribution in [0.1, 0.15) is 23.5 Å². The number of halogens is 3. The van der Waals surface area contributed by atoms with E-state index < -0.39 is 33.4 Å². The molecule has 0 spiro atoms. The number of rotatable bonds is 5. The van der Waals surface area contributed by atoms with Crippen molar-refractivity contribution >= 4 is 15.9 Å². The Hall–Kier alpha value is -1.61. The number of alkyl halides is 3. The van der Waals surface area contributed by atoms with E-state index in [1.165, 1.54) is 13.1 Å². The lowest BCUT2D eigenvalue weighted by atomic mass is 10.1. The highest BCUT2D eigenvalue weighted by Gasteiger charge is 2.41. The van der Waals surface area contributed by atoms with Gasteiger partial charge in [0.25, 0.3) is 0 Å². The Bertz CT molecular complexity index is 673. The summed E-state index contributed by atoms with van der Waals surface area (Å²) in [5.74, 6) is -1.59. The van der Waals surface area contributed by atoms with E-state index in [1.54, 1.807) is 6.07 Å². The summed E-state index contributed by atoms with van der Waals surface area (Å²) in [6.07, 6.45) is -3.92. The SMILES string of the molecule is CNS(=O)(=O)CC(=O)N[C@@H]1C[C@@H]1c1cccc(C(F)(F)F)c1. The largest absolute Gasteiger partial charge is 0.416 e. The molecule has 0 aliphatic heterocycles. The molecule has 0 aromatic heterocycles. The van der Waals surface area contributed by atoms with Crippen LogP contribution in [0, 0.1) is 0 Å². The quantitative estimate of drug-likeness (QED) is 0.849. The molecule has 0 radical (unpaired) electrons. The molecule has 0 bridgehead atoms. The number of amides is 1. The van der Waals surface area contributed by atoms with Crippen LogP contribution in [0.3, 0.4) is 0 Å². The number of carbonyl (C=O) groups excluding carboxylic acids is 1. The summed E-state index contributed by atoms with van der Waals surface area (Å²) < 4.78 is 62.4. The van der Waals surface area contributed by atoms with Crippen LogP contribution in [0.5, 0.6) is 0 Å². The molecule has 22 heavy (non-hydrogen) atoms. The Morgan fingerprint density at radius 2 is 2.05 bits per heavy atom. The molecule has 1 amide bonds. The highest BCUT2D eigenvalue weighted by atomic mass is 32.2. The topological polar surface area (TPSA) is 75.3 Å². The average Bonchev–Trinajstić information content (AvgIpc) is 3.16. The summed E-state index contributed by atoms with van der Waals surface area (Å²) in [4.78, 5) is 11.6. The van der Waals surface area contributed by atoms with Gasteiger partial charge in [-0.05, 0) is 25.1 Å². The van der Waals surface area contributed by atoms with E-state index in [-0.39, 0.29) is 12.0 Å². The maximum atomic E-state index is 12.6. The van der Waals surface area contributed by atoms with Gasteiger partial charge in [-0.1, -0.05) is 18.2 Å². The minimum Gasteiger partial charge on any atom is -0.352 e. The van der Waals surface area contributed by atoms with Crippen LogP contribution in [0.25, 0.3) is 0 Å². The van der Waals surface area contributed by atoms with E-state index in [0.717, 1.165) is 12.1 Å². The first-order chi connectivity index (χ1) is 10.1. The fourth-order valence-electron chi connectivity index (χ4n) is 2.16. The number of nitrogens with one attached hydrogen (secondary N) is 2. The molecular formula is C13H15F3N2O3S. The van der Waals surface area contributed by atoms with E-state index in [9.17, 15) is 26.4 Å². The zero-order valence-corrected chi connectivity index (χ0v) is 12.5. The van der Waals surface area contributed by atoms with Crippen molar-refractivity contribution in [1.29, 1.82) is 0 Å². The van der Waals surface area contributed by atoms with Crippen molar-refractivity contribution in [1.82, 2.24) is 10.0 Å². The maximum Gasteiger partial charge on any atom is 0.416 e. The van der Waals surface area contributed by atoms with Gasteiger partial charge in [0.15, 0.2) is 0 Å². The third-order valence-corrected chi connectivity index (χ3v) is 4.68. The van der Waals surface area contributed by atoms with Gasteiger partial charge < -0.3 is 5.32 Å². The maximum absolute atomic E-state index is 12.6. The second-order valence-corrected chi connectivity index (χ2v) is 7.03. The summed E-state index contributed by atoms with van der Waals surface area (Å²) in [6, 6.07) is 4.60. The van der Waals surface area contributed by atoms with Crippen LogP contribution in [-0.2, 0) is 21.0 Å². The molecule has 1 fully saturated rings. The van der Waals surface area contributed by atoms with Crippen molar-refractivity contribution in [3.8, 4) is 0 Å². The summed E-state index contributed by atoms with van der Waals surface area (Å²) in [5, 5.41) is 2.51. The Kier molecular flexibility index (Phi) is 4.48. The first kappa shape index (κ1) is 16.8. The van der Waals surface area contributed by atoms with Gasteiger partial charge in [-0.3, -0.25) is 4.79 Å². The second-order valence-electron chi connectivity index (χ2n) is 5.10. The lowest BCUT2D eigenvalue weighted by Gasteiger charge is -2.09. The standard InChI is InChI=1S/C13H15F3N2O3S/c1-17-22(20,21)7-12(19)18-11-6-10(11)8-3-2-4-9(5-8)13(14,15)16/h2-5,10-11,17H,6-7H2,1H3,(H,18,19)/t10-,11-/m1/s1. The fourth-order valence-corrected chi connectivity index (χ4v) is 2.73. The molecule has 1 aromatic rings. The van der Waals surface area contributed by atoms with Crippen molar-refractivity contribution in [2.24, 2.45) is 0 Å². The summed E-state index contributed by atoms with van der Waals surface area (Å²) in [5.41, 5.74) is -0.253. The number of hydrogen-bond donors (Lipinski definition) is 2. The van der Waals surface area contributed by atoms with Crippen molar-refractivity contribution in [2.45, 2.75) is 24.6 Å². The Morgan fingerprint density at radius 3 is 2.64 bits per heavy atom. The van der Waals surface area contributed by atoms with Crippen LogP contribution in [0.4, 0.5) is 13.2 Å². The molecule has 0 unspecified atom stereocenters. The molecule has 5 nitrogen and oxygen atoms in total.